The van der Waals surface area contributed by atoms with Crippen molar-refractivity contribution in [3.8, 4) is 0 Å². The van der Waals surface area contributed by atoms with Crippen molar-refractivity contribution < 1.29 is 18.7 Å². The molecule has 2 nitrogen and oxygen atoms in total. The lowest BCUT2D eigenvalue weighted by Gasteiger charge is -2.04. The number of carbonyl (C=O) groups is 1. The number of carboxylic acid groups (broad SMARTS) is 1. The van der Waals surface area contributed by atoms with Gasteiger partial charge in [0.05, 0.1) is 4.90 Å². The maximum Gasteiger partial charge on any atom is 0.303 e. The van der Waals surface area contributed by atoms with E-state index >= 15 is 0 Å². The van der Waals surface area contributed by atoms with E-state index in [0.717, 1.165) is 11.8 Å². The van der Waals surface area contributed by atoms with Crippen LogP contribution in [0.25, 0.3) is 0 Å². The van der Waals surface area contributed by atoms with Gasteiger partial charge in [0, 0.05) is 10.9 Å². The molecule has 0 aliphatic rings. The number of benzene rings is 1. The highest BCUT2D eigenvalue weighted by molar-refractivity contribution is 9.10. The molecule has 0 unspecified atom stereocenters. The normalized spacial score (nSPS) is 10.4. The lowest BCUT2D eigenvalue weighted by atomic mass is 10.3. The van der Waals surface area contributed by atoms with Crippen LogP contribution >= 0.6 is 27.7 Å². The number of aliphatic carboxylic acids is 1. The lowest BCUT2D eigenvalue weighted by molar-refractivity contribution is -0.137. The highest BCUT2D eigenvalue weighted by Gasteiger charge is 2.11. The Balaban J connectivity index is 2.57. The van der Waals surface area contributed by atoms with Crippen molar-refractivity contribution in [1.29, 1.82) is 0 Å². The zero-order valence-corrected chi connectivity index (χ0v) is 10.6. The summed E-state index contributed by atoms with van der Waals surface area (Å²) in [4.78, 5) is 10.2. The van der Waals surface area contributed by atoms with Crippen molar-refractivity contribution in [3.05, 3.63) is 28.2 Å². The molecule has 0 amide bonds. The summed E-state index contributed by atoms with van der Waals surface area (Å²) >= 11 is 3.97. The lowest BCUT2D eigenvalue weighted by Crippen LogP contribution is -1.96. The molecule has 0 atom stereocenters. The Morgan fingerprint density at radius 3 is 2.44 bits per heavy atom. The molecule has 1 rings (SSSR count). The Bertz CT molecular complexity index is 375. The molecule has 0 aliphatic carbocycles. The van der Waals surface area contributed by atoms with Gasteiger partial charge in [-0.3, -0.25) is 4.79 Å². The van der Waals surface area contributed by atoms with Gasteiger partial charge in [-0.25, -0.2) is 8.78 Å². The molecular formula is C10H9BrF2O2S. The van der Waals surface area contributed by atoms with E-state index in [0.29, 0.717) is 16.6 Å². The van der Waals surface area contributed by atoms with E-state index < -0.39 is 17.6 Å². The van der Waals surface area contributed by atoms with Crippen LogP contribution < -0.4 is 0 Å². The molecule has 0 aliphatic heterocycles. The van der Waals surface area contributed by atoms with Gasteiger partial charge >= 0.3 is 5.97 Å². The molecular weight excluding hydrogens is 302 g/mol. The molecule has 1 aromatic carbocycles. The van der Waals surface area contributed by atoms with Crippen LogP contribution in [0.4, 0.5) is 8.78 Å². The molecule has 0 saturated carbocycles. The second kappa shape index (κ2) is 6.20. The van der Waals surface area contributed by atoms with E-state index in [1.165, 1.54) is 12.1 Å². The van der Waals surface area contributed by atoms with Crippen molar-refractivity contribution in [2.75, 3.05) is 5.75 Å². The summed E-state index contributed by atoms with van der Waals surface area (Å²) in [6, 6.07) is 2.37. The Morgan fingerprint density at radius 2 is 1.94 bits per heavy atom. The average Bonchev–Trinajstić information content (AvgIpc) is 2.14. The monoisotopic (exact) mass is 310 g/mol. The van der Waals surface area contributed by atoms with Crippen LogP contribution in [-0.2, 0) is 4.79 Å². The molecule has 0 heterocycles. The first-order valence-corrected chi connectivity index (χ1v) is 6.27. The quantitative estimate of drug-likeness (QED) is 0.666. The zero-order valence-electron chi connectivity index (χ0n) is 8.17. The fourth-order valence-corrected chi connectivity index (χ4v) is 2.35. The van der Waals surface area contributed by atoms with E-state index in [9.17, 15) is 13.6 Å². The summed E-state index contributed by atoms with van der Waals surface area (Å²) in [5.41, 5.74) is 0. The predicted octanol–water partition coefficient (Wildman–Crippen LogP) is 3.68. The predicted molar refractivity (Wildman–Crippen MR) is 61.7 cm³/mol. The van der Waals surface area contributed by atoms with Gasteiger partial charge in [-0.2, -0.15) is 0 Å². The smallest absolute Gasteiger partial charge is 0.303 e. The van der Waals surface area contributed by atoms with Crippen molar-refractivity contribution in [1.82, 2.24) is 0 Å². The van der Waals surface area contributed by atoms with Gasteiger partial charge in [0.1, 0.15) is 11.6 Å². The Morgan fingerprint density at radius 1 is 1.38 bits per heavy atom. The molecule has 0 bridgehead atoms. The third-order valence-electron chi connectivity index (χ3n) is 1.74. The highest BCUT2D eigenvalue weighted by atomic mass is 79.9. The molecule has 88 valence electrons. The molecule has 0 spiro atoms. The van der Waals surface area contributed by atoms with Gasteiger partial charge in [-0.1, -0.05) is 15.9 Å². The maximum atomic E-state index is 13.3. The van der Waals surface area contributed by atoms with Gasteiger partial charge in [0.15, 0.2) is 0 Å². The van der Waals surface area contributed by atoms with Gasteiger partial charge in [0.2, 0.25) is 0 Å². The van der Waals surface area contributed by atoms with E-state index in [1.54, 1.807) is 0 Å². The first-order chi connectivity index (χ1) is 7.50. The van der Waals surface area contributed by atoms with Crippen LogP contribution in [0, 0.1) is 11.6 Å². The van der Waals surface area contributed by atoms with Crippen molar-refractivity contribution in [3.63, 3.8) is 0 Å². The summed E-state index contributed by atoms with van der Waals surface area (Å²) in [5, 5.41) is 8.39. The summed E-state index contributed by atoms with van der Waals surface area (Å²) in [6.45, 7) is 0. The summed E-state index contributed by atoms with van der Waals surface area (Å²) in [6.07, 6.45) is 0.391. The Kier molecular flexibility index (Phi) is 5.21. The molecule has 0 saturated heterocycles. The number of hydrogen-bond donors (Lipinski definition) is 1. The Labute approximate surface area is 104 Å². The van der Waals surface area contributed by atoms with E-state index in [4.69, 9.17) is 5.11 Å². The van der Waals surface area contributed by atoms with Gasteiger partial charge < -0.3 is 5.11 Å². The fourth-order valence-electron chi connectivity index (χ4n) is 1.06. The Hall–Kier alpha value is -0.620. The SMILES string of the molecule is O=C(O)CCCSc1c(F)cc(Br)cc1F. The largest absolute Gasteiger partial charge is 0.481 e. The summed E-state index contributed by atoms with van der Waals surface area (Å²) < 4.78 is 26.9. The molecule has 16 heavy (non-hydrogen) atoms. The van der Waals surface area contributed by atoms with E-state index in [1.807, 2.05) is 0 Å². The molecule has 6 heteroatoms. The third kappa shape index (κ3) is 4.09. The fraction of sp³-hybridized carbons (Fsp3) is 0.300. The van der Waals surface area contributed by atoms with Crippen LogP contribution in [0.2, 0.25) is 0 Å². The van der Waals surface area contributed by atoms with E-state index in [-0.39, 0.29) is 11.3 Å². The summed E-state index contributed by atoms with van der Waals surface area (Å²) in [7, 11) is 0. The van der Waals surface area contributed by atoms with Crippen molar-refractivity contribution in [2.45, 2.75) is 17.7 Å². The van der Waals surface area contributed by atoms with Gasteiger partial charge in [0.25, 0.3) is 0 Å². The number of thioether (sulfide) groups is 1. The summed E-state index contributed by atoms with van der Waals surface area (Å²) in [5.74, 6) is -1.79. The number of halogens is 3. The second-order valence-corrected chi connectivity index (χ2v) is 5.07. The minimum Gasteiger partial charge on any atom is -0.481 e. The van der Waals surface area contributed by atoms with Crippen LogP contribution in [0.1, 0.15) is 12.8 Å². The minimum absolute atomic E-state index is 0.00671. The second-order valence-electron chi connectivity index (χ2n) is 3.04. The molecule has 0 radical (unpaired) electrons. The van der Waals surface area contributed by atoms with Crippen molar-refractivity contribution in [2.24, 2.45) is 0 Å². The molecule has 0 aromatic heterocycles. The zero-order chi connectivity index (χ0) is 12.1. The van der Waals surface area contributed by atoms with Crippen LogP contribution in [-0.4, -0.2) is 16.8 Å². The van der Waals surface area contributed by atoms with Crippen LogP contribution in [0.15, 0.2) is 21.5 Å². The first-order valence-electron chi connectivity index (χ1n) is 4.50. The maximum absolute atomic E-state index is 13.3. The standard InChI is InChI=1S/C10H9BrF2O2S/c11-6-4-7(12)10(8(13)5-6)16-3-1-2-9(14)15/h4-5H,1-3H2,(H,14,15). The molecule has 1 N–H and O–H groups in total. The minimum atomic E-state index is -0.905. The number of rotatable bonds is 5. The highest BCUT2D eigenvalue weighted by Crippen LogP contribution is 2.28. The number of carboxylic acids is 1. The van der Waals surface area contributed by atoms with Crippen LogP contribution in [0.3, 0.4) is 0 Å². The van der Waals surface area contributed by atoms with Crippen LogP contribution in [0.5, 0.6) is 0 Å². The van der Waals surface area contributed by atoms with E-state index in [2.05, 4.69) is 15.9 Å². The number of hydrogen-bond acceptors (Lipinski definition) is 2. The van der Waals surface area contributed by atoms with Crippen molar-refractivity contribution >= 4 is 33.7 Å². The van der Waals surface area contributed by atoms with Gasteiger partial charge in [-0.15, -0.1) is 11.8 Å². The third-order valence-corrected chi connectivity index (χ3v) is 3.37. The first kappa shape index (κ1) is 13.4. The van der Waals surface area contributed by atoms with Gasteiger partial charge in [-0.05, 0) is 24.3 Å². The topological polar surface area (TPSA) is 37.3 Å². The average molecular weight is 311 g/mol. The molecule has 0 fully saturated rings. The molecule has 1 aromatic rings.